The lowest BCUT2D eigenvalue weighted by atomic mass is 9.79. The molecule has 25 heavy (non-hydrogen) atoms. The van der Waals surface area contributed by atoms with Crippen molar-refractivity contribution in [1.29, 1.82) is 0 Å². The second-order valence-electron chi connectivity index (χ2n) is 6.26. The number of hydrogen-bond donors (Lipinski definition) is 1. The summed E-state index contributed by atoms with van der Waals surface area (Å²) in [5.74, 6) is -1.90. The van der Waals surface area contributed by atoms with Crippen molar-refractivity contribution in [2.24, 2.45) is 0 Å². The maximum atomic E-state index is 12.9. The summed E-state index contributed by atoms with van der Waals surface area (Å²) < 4.78 is 5.22. The maximum Gasteiger partial charge on any atom is 0.307 e. The van der Waals surface area contributed by atoms with Gasteiger partial charge in [0.1, 0.15) is 0 Å². The Kier molecular flexibility index (Phi) is 5.85. The van der Waals surface area contributed by atoms with Crippen LogP contribution >= 0.6 is 11.6 Å². The lowest BCUT2D eigenvalue weighted by Crippen LogP contribution is -2.52. The number of carbonyl (C=O) groups is 3. The van der Waals surface area contributed by atoms with Crippen molar-refractivity contribution in [3.63, 3.8) is 0 Å². The van der Waals surface area contributed by atoms with E-state index < -0.39 is 23.1 Å². The first-order valence-corrected chi connectivity index (χ1v) is 8.61. The zero-order chi connectivity index (χ0) is 18.8. The highest BCUT2D eigenvalue weighted by Gasteiger charge is 2.52. The molecule has 1 aliphatic heterocycles. The Hall–Kier alpha value is -1.92. The number of ketones is 2. The lowest BCUT2D eigenvalue weighted by Gasteiger charge is -2.35. The highest BCUT2D eigenvalue weighted by atomic mass is 35.5. The normalized spacial score (nSPS) is 23.3. The van der Waals surface area contributed by atoms with Gasteiger partial charge in [0.25, 0.3) is 0 Å². The molecule has 0 saturated heterocycles. The molecule has 2 rings (SSSR count). The second-order valence-corrected chi connectivity index (χ2v) is 6.64. The first-order valence-electron chi connectivity index (χ1n) is 8.24. The number of allylic oxidation sites excluding steroid dienone is 3. The third-order valence-corrected chi connectivity index (χ3v) is 4.66. The maximum absolute atomic E-state index is 12.9. The van der Waals surface area contributed by atoms with E-state index in [1.54, 1.807) is 31.1 Å². The van der Waals surface area contributed by atoms with Crippen LogP contribution in [0.1, 0.15) is 39.5 Å². The zero-order valence-electron chi connectivity index (χ0n) is 14.6. The van der Waals surface area contributed by atoms with Gasteiger partial charge in [-0.2, -0.15) is 0 Å². The summed E-state index contributed by atoms with van der Waals surface area (Å²) in [6, 6.07) is 0. The average molecular weight is 368 g/mol. The first kappa shape index (κ1) is 19.4. The van der Waals surface area contributed by atoms with Crippen LogP contribution in [-0.4, -0.2) is 46.8 Å². The van der Waals surface area contributed by atoms with Crippen molar-refractivity contribution in [2.45, 2.75) is 45.1 Å². The van der Waals surface area contributed by atoms with Gasteiger partial charge in [-0.25, -0.2) is 0 Å². The van der Waals surface area contributed by atoms with E-state index in [4.69, 9.17) is 21.4 Å². The Morgan fingerprint density at radius 2 is 2.04 bits per heavy atom. The number of rotatable bonds is 6. The van der Waals surface area contributed by atoms with E-state index in [1.807, 2.05) is 0 Å². The topological polar surface area (TPSA) is 83.9 Å². The fourth-order valence-corrected chi connectivity index (χ4v) is 3.17. The third-order valence-electron chi connectivity index (χ3n) is 4.29. The molecule has 0 spiro atoms. The molecule has 0 amide bonds. The van der Waals surface area contributed by atoms with Gasteiger partial charge in [-0.15, -0.1) is 0 Å². The summed E-state index contributed by atoms with van der Waals surface area (Å²) in [5.41, 5.74) is -0.521. The number of fused-ring (bicyclic) bond motifs is 1. The van der Waals surface area contributed by atoms with Crippen LogP contribution in [0.2, 0.25) is 0 Å². The van der Waals surface area contributed by atoms with E-state index in [0.717, 1.165) is 5.70 Å². The highest BCUT2D eigenvalue weighted by Crippen LogP contribution is 2.39. The van der Waals surface area contributed by atoms with Gasteiger partial charge >= 0.3 is 5.97 Å². The molecule has 1 N–H and O–H groups in total. The van der Waals surface area contributed by atoms with Crippen LogP contribution in [0.5, 0.6) is 0 Å². The van der Waals surface area contributed by atoms with Crippen LogP contribution in [0.4, 0.5) is 0 Å². The van der Waals surface area contributed by atoms with E-state index >= 15 is 0 Å². The van der Waals surface area contributed by atoms with E-state index in [0.29, 0.717) is 24.8 Å². The molecule has 0 fully saturated rings. The largest absolute Gasteiger partial charge is 0.442 e. The number of ether oxygens (including phenoxy) is 1. The Balaban J connectivity index is 2.44. The Morgan fingerprint density at radius 1 is 1.36 bits per heavy atom. The molecular formula is C18H22ClNO5. The predicted molar refractivity (Wildman–Crippen MR) is 92.5 cm³/mol. The Bertz CT molecular complexity index is 706. The third kappa shape index (κ3) is 3.55. The van der Waals surface area contributed by atoms with Crippen LogP contribution in [0, 0.1) is 0 Å². The standard InChI is InChI=1S/C18H22ClNO5/c1-4-6-14(22)25-18(2)16(23)13-10-20(3)11(7-5-8-21)9-12(13)15(19)17(18)24/h9-10,21H,4-8H2,1-3H3/t18-/m0/s1. The lowest BCUT2D eigenvalue weighted by molar-refractivity contribution is -0.169. The summed E-state index contributed by atoms with van der Waals surface area (Å²) in [7, 11) is 1.77. The van der Waals surface area contributed by atoms with Crippen molar-refractivity contribution in [2.75, 3.05) is 13.7 Å². The molecule has 0 unspecified atom stereocenters. The van der Waals surface area contributed by atoms with Gasteiger partial charge in [0.15, 0.2) is 0 Å². The molecule has 0 aromatic heterocycles. The number of nitrogens with zero attached hydrogens (tertiary/aromatic N) is 1. The summed E-state index contributed by atoms with van der Waals surface area (Å²) >= 11 is 6.23. The zero-order valence-corrected chi connectivity index (χ0v) is 15.4. The molecule has 6 nitrogen and oxygen atoms in total. The number of Topliss-reactive ketones (excluding diaryl/α,β-unsaturated/α-hetero) is 2. The molecule has 1 atom stereocenters. The van der Waals surface area contributed by atoms with Gasteiger partial charge in [-0.3, -0.25) is 14.4 Å². The molecular weight excluding hydrogens is 346 g/mol. The van der Waals surface area contributed by atoms with Crippen LogP contribution in [0.25, 0.3) is 0 Å². The molecule has 2 aliphatic rings. The summed E-state index contributed by atoms with van der Waals surface area (Å²) in [6.07, 6.45) is 5.07. The van der Waals surface area contributed by atoms with Gasteiger partial charge in [-0.05, 0) is 32.3 Å². The van der Waals surface area contributed by atoms with Crippen molar-refractivity contribution in [3.05, 3.63) is 34.2 Å². The Morgan fingerprint density at radius 3 is 2.64 bits per heavy atom. The molecule has 0 bridgehead atoms. The van der Waals surface area contributed by atoms with E-state index in [-0.39, 0.29) is 23.6 Å². The first-order chi connectivity index (χ1) is 11.8. The van der Waals surface area contributed by atoms with Crippen molar-refractivity contribution in [1.82, 2.24) is 4.90 Å². The molecule has 1 heterocycles. The number of hydrogen-bond acceptors (Lipinski definition) is 6. The van der Waals surface area contributed by atoms with Crippen molar-refractivity contribution >= 4 is 29.1 Å². The molecule has 0 saturated carbocycles. The van der Waals surface area contributed by atoms with Crippen molar-refractivity contribution < 1.29 is 24.2 Å². The van der Waals surface area contributed by atoms with Gasteiger partial charge in [0.2, 0.25) is 17.2 Å². The molecule has 0 radical (unpaired) electrons. The van der Waals surface area contributed by atoms with Gasteiger partial charge in [0.05, 0.1) is 5.03 Å². The molecule has 0 aromatic rings. The average Bonchev–Trinajstić information content (AvgIpc) is 2.57. The van der Waals surface area contributed by atoms with Crippen LogP contribution in [-0.2, 0) is 19.1 Å². The number of carbonyl (C=O) groups excluding carboxylic acids is 3. The minimum Gasteiger partial charge on any atom is -0.442 e. The van der Waals surface area contributed by atoms with Crippen LogP contribution in [0.3, 0.4) is 0 Å². The summed E-state index contributed by atoms with van der Waals surface area (Å²) in [5, 5.41) is 8.87. The minimum atomic E-state index is -1.93. The van der Waals surface area contributed by atoms with E-state index in [9.17, 15) is 14.4 Å². The van der Waals surface area contributed by atoms with Crippen LogP contribution < -0.4 is 0 Å². The number of aliphatic hydroxyl groups excluding tert-OH is 1. The van der Waals surface area contributed by atoms with Crippen molar-refractivity contribution in [3.8, 4) is 0 Å². The van der Waals surface area contributed by atoms with Gasteiger partial charge in [0, 0.05) is 43.1 Å². The number of halogens is 1. The second kappa shape index (κ2) is 7.54. The monoisotopic (exact) mass is 367 g/mol. The van der Waals surface area contributed by atoms with Gasteiger partial charge < -0.3 is 14.7 Å². The molecule has 7 heteroatoms. The van der Waals surface area contributed by atoms with E-state index in [2.05, 4.69) is 0 Å². The van der Waals surface area contributed by atoms with E-state index in [1.165, 1.54) is 6.92 Å². The fourth-order valence-electron chi connectivity index (χ4n) is 2.83. The predicted octanol–water partition coefficient (Wildman–Crippen LogP) is 2.22. The number of esters is 1. The highest BCUT2D eigenvalue weighted by molar-refractivity contribution is 6.49. The quantitative estimate of drug-likeness (QED) is 0.572. The molecule has 0 aromatic carbocycles. The summed E-state index contributed by atoms with van der Waals surface area (Å²) in [4.78, 5) is 39.2. The summed E-state index contributed by atoms with van der Waals surface area (Å²) in [6.45, 7) is 3.13. The van der Waals surface area contributed by atoms with Gasteiger partial charge in [-0.1, -0.05) is 18.5 Å². The number of aliphatic hydroxyl groups is 1. The SMILES string of the molecule is CCCC(=O)O[C@@]1(C)C(=O)C2=CN(C)C(CCCO)=CC2=C(Cl)C1=O. The smallest absolute Gasteiger partial charge is 0.307 e. The Labute approximate surface area is 151 Å². The molecule has 136 valence electrons. The fraction of sp³-hybridized carbons (Fsp3) is 0.500. The van der Waals surface area contributed by atoms with Crippen LogP contribution in [0.15, 0.2) is 34.2 Å². The minimum absolute atomic E-state index is 0.0395. The molecule has 1 aliphatic carbocycles.